The molecule has 1 aliphatic rings. The van der Waals surface area contributed by atoms with Crippen LogP contribution >= 0.6 is 0 Å². The lowest BCUT2D eigenvalue weighted by molar-refractivity contribution is -0.291. The van der Waals surface area contributed by atoms with E-state index in [1.807, 2.05) is 91.0 Å². The van der Waals surface area contributed by atoms with Crippen LogP contribution < -0.4 is 0 Å². The maximum Gasteiger partial charge on any atom is 0.184 e. The Morgan fingerprint density at radius 1 is 0.686 bits per heavy atom. The summed E-state index contributed by atoms with van der Waals surface area (Å²) in [6.07, 6.45) is -7.38. The SMILES string of the molecule is CC(C)O.OC1OC(COC(c2ccccc2)(c2ccccc2)c2ccccc2)C(O)C(O)C1O. The minimum Gasteiger partial charge on any atom is -0.394 e. The lowest BCUT2D eigenvalue weighted by atomic mass is 9.80. The molecule has 5 unspecified atom stereocenters. The molecule has 1 heterocycles. The van der Waals surface area contributed by atoms with Crippen molar-refractivity contribution in [2.45, 2.75) is 56.3 Å². The van der Waals surface area contributed by atoms with Crippen molar-refractivity contribution < 1.29 is 35.0 Å². The van der Waals surface area contributed by atoms with E-state index in [-0.39, 0.29) is 12.7 Å². The Morgan fingerprint density at radius 2 is 1.06 bits per heavy atom. The molecule has 1 saturated heterocycles. The quantitative estimate of drug-likeness (QED) is 0.342. The predicted molar refractivity (Wildman–Crippen MR) is 131 cm³/mol. The Balaban J connectivity index is 0.000000795. The van der Waals surface area contributed by atoms with E-state index in [1.54, 1.807) is 13.8 Å². The zero-order valence-corrected chi connectivity index (χ0v) is 19.9. The molecule has 4 rings (SSSR count). The zero-order valence-electron chi connectivity index (χ0n) is 19.9. The summed E-state index contributed by atoms with van der Waals surface area (Å²) in [5.41, 5.74) is 1.59. The Bertz CT molecular complexity index is 898. The molecule has 7 nitrogen and oxygen atoms in total. The van der Waals surface area contributed by atoms with Gasteiger partial charge in [-0.05, 0) is 30.5 Å². The molecule has 1 fully saturated rings. The van der Waals surface area contributed by atoms with Gasteiger partial charge < -0.3 is 35.0 Å². The van der Waals surface area contributed by atoms with Gasteiger partial charge in [0.05, 0.1) is 6.61 Å². The molecule has 35 heavy (non-hydrogen) atoms. The Kier molecular flexibility index (Phi) is 9.54. The molecular weight excluding hydrogens is 448 g/mol. The third-order valence-corrected chi connectivity index (χ3v) is 5.69. The summed E-state index contributed by atoms with van der Waals surface area (Å²) < 4.78 is 11.9. The molecule has 0 saturated carbocycles. The van der Waals surface area contributed by atoms with Crippen LogP contribution in [-0.2, 0) is 15.1 Å². The van der Waals surface area contributed by atoms with Crippen LogP contribution in [0.2, 0.25) is 0 Å². The molecule has 3 aromatic carbocycles. The Hall–Kier alpha value is -2.62. The van der Waals surface area contributed by atoms with Gasteiger partial charge in [-0.1, -0.05) is 91.0 Å². The number of aliphatic hydroxyl groups excluding tert-OH is 5. The highest BCUT2D eigenvalue weighted by atomic mass is 16.6. The first-order chi connectivity index (χ1) is 16.8. The van der Waals surface area contributed by atoms with Gasteiger partial charge >= 0.3 is 0 Å². The molecular formula is C28H34O7. The van der Waals surface area contributed by atoms with Gasteiger partial charge in [0.25, 0.3) is 0 Å². The van der Waals surface area contributed by atoms with Crippen molar-refractivity contribution in [1.82, 2.24) is 0 Å². The Morgan fingerprint density at radius 3 is 1.43 bits per heavy atom. The monoisotopic (exact) mass is 482 g/mol. The fourth-order valence-corrected chi connectivity index (χ4v) is 4.04. The van der Waals surface area contributed by atoms with Crippen LogP contribution in [0.3, 0.4) is 0 Å². The molecule has 0 aromatic heterocycles. The van der Waals surface area contributed by atoms with Crippen molar-refractivity contribution in [2.75, 3.05) is 6.61 Å². The van der Waals surface area contributed by atoms with Gasteiger partial charge in [-0.25, -0.2) is 0 Å². The van der Waals surface area contributed by atoms with Gasteiger partial charge in [0.2, 0.25) is 0 Å². The van der Waals surface area contributed by atoms with Crippen molar-refractivity contribution in [3.05, 3.63) is 108 Å². The van der Waals surface area contributed by atoms with Crippen molar-refractivity contribution in [3.63, 3.8) is 0 Å². The largest absolute Gasteiger partial charge is 0.394 e. The summed E-state index contributed by atoms with van der Waals surface area (Å²) in [7, 11) is 0. The summed E-state index contributed by atoms with van der Waals surface area (Å²) in [6.45, 7) is 3.31. The highest BCUT2D eigenvalue weighted by Crippen LogP contribution is 2.41. The van der Waals surface area contributed by atoms with E-state index in [9.17, 15) is 20.4 Å². The van der Waals surface area contributed by atoms with Gasteiger partial charge in [0.15, 0.2) is 6.29 Å². The highest BCUT2D eigenvalue weighted by molar-refractivity contribution is 5.47. The molecule has 0 radical (unpaired) electrons. The third-order valence-electron chi connectivity index (χ3n) is 5.69. The van der Waals surface area contributed by atoms with Crippen LogP contribution in [0.1, 0.15) is 30.5 Å². The molecule has 5 N–H and O–H groups in total. The molecule has 0 bridgehead atoms. The van der Waals surface area contributed by atoms with E-state index in [0.717, 1.165) is 16.7 Å². The standard InChI is InChI=1S/C25H26O6.C3H8O/c26-21-20(31-24(29)23(28)22(21)27)16-30-25(17-10-4-1-5-11-17,18-12-6-2-7-13-18)19-14-8-3-9-15-19;1-3(2)4/h1-15,20-24,26-29H,16H2;3-4H,1-2H3. The maximum atomic E-state index is 10.4. The number of aliphatic hydroxyl groups is 5. The van der Waals surface area contributed by atoms with Crippen molar-refractivity contribution >= 4 is 0 Å². The van der Waals surface area contributed by atoms with Gasteiger partial charge in [-0.3, -0.25) is 0 Å². The zero-order chi connectivity index (χ0) is 25.4. The second kappa shape index (κ2) is 12.4. The summed E-state index contributed by atoms with van der Waals surface area (Å²) in [5.74, 6) is 0. The Labute approximate surface area is 205 Å². The molecule has 3 aromatic rings. The molecule has 0 spiro atoms. The van der Waals surface area contributed by atoms with Crippen molar-refractivity contribution in [3.8, 4) is 0 Å². The molecule has 5 atom stereocenters. The first kappa shape index (κ1) is 27.0. The summed E-state index contributed by atoms with van der Waals surface area (Å²) in [6, 6.07) is 29.1. The predicted octanol–water partition coefficient (Wildman–Crippen LogP) is 2.18. The second-order valence-corrected chi connectivity index (χ2v) is 8.72. The van der Waals surface area contributed by atoms with Crippen LogP contribution in [0, 0.1) is 0 Å². The van der Waals surface area contributed by atoms with Crippen molar-refractivity contribution in [1.29, 1.82) is 0 Å². The fraction of sp³-hybridized carbons (Fsp3) is 0.357. The topological polar surface area (TPSA) is 120 Å². The normalized spacial score (nSPS) is 24.5. The maximum absolute atomic E-state index is 10.4. The molecule has 0 aliphatic carbocycles. The van der Waals surface area contributed by atoms with E-state index in [1.165, 1.54) is 0 Å². The van der Waals surface area contributed by atoms with Crippen LogP contribution in [0.25, 0.3) is 0 Å². The molecule has 0 amide bonds. The summed E-state index contributed by atoms with van der Waals surface area (Å²) >= 11 is 0. The summed E-state index contributed by atoms with van der Waals surface area (Å²) in [5, 5.41) is 48.2. The third kappa shape index (κ3) is 6.34. The number of benzene rings is 3. The number of ether oxygens (including phenoxy) is 2. The lowest BCUT2D eigenvalue weighted by Crippen LogP contribution is -2.59. The lowest BCUT2D eigenvalue weighted by Gasteiger charge is -2.41. The fourth-order valence-electron chi connectivity index (χ4n) is 4.04. The first-order valence-corrected chi connectivity index (χ1v) is 11.6. The van der Waals surface area contributed by atoms with Crippen LogP contribution in [0.4, 0.5) is 0 Å². The second-order valence-electron chi connectivity index (χ2n) is 8.72. The van der Waals surface area contributed by atoms with Crippen LogP contribution in [-0.4, -0.2) is 68.9 Å². The van der Waals surface area contributed by atoms with Crippen molar-refractivity contribution in [2.24, 2.45) is 0 Å². The smallest absolute Gasteiger partial charge is 0.184 e. The number of hydrogen-bond donors (Lipinski definition) is 5. The average molecular weight is 483 g/mol. The van der Waals surface area contributed by atoms with E-state index >= 15 is 0 Å². The molecule has 7 heteroatoms. The van der Waals surface area contributed by atoms with Gasteiger partial charge in [-0.15, -0.1) is 0 Å². The van der Waals surface area contributed by atoms with Crippen LogP contribution in [0.15, 0.2) is 91.0 Å². The van der Waals surface area contributed by atoms with Gasteiger partial charge in [0.1, 0.15) is 30.0 Å². The number of hydrogen-bond acceptors (Lipinski definition) is 7. The minimum absolute atomic E-state index is 0.138. The van der Waals surface area contributed by atoms with E-state index in [4.69, 9.17) is 14.6 Å². The minimum atomic E-state index is -1.62. The highest BCUT2D eigenvalue weighted by Gasteiger charge is 2.45. The average Bonchev–Trinajstić information content (AvgIpc) is 2.87. The van der Waals surface area contributed by atoms with Gasteiger partial charge in [-0.2, -0.15) is 0 Å². The summed E-state index contributed by atoms with van der Waals surface area (Å²) in [4.78, 5) is 0. The first-order valence-electron chi connectivity index (χ1n) is 11.6. The van der Waals surface area contributed by atoms with E-state index in [0.29, 0.717) is 0 Å². The van der Waals surface area contributed by atoms with Gasteiger partial charge in [0, 0.05) is 6.10 Å². The number of rotatable bonds is 6. The molecule has 188 valence electrons. The van der Waals surface area contributed by atoms with Crippen LogP contribution in [0.5, 0.6) is 0 Å². The molecule has 1 aliphatic heterocycles. The van der Waals surface area contributed by atoms with E-state index < -0.39 is 36.3 Å². The van der Waals surface area contributed by atoms with E-state index in [2.05, 4.69) is 0 Å².